The van der Waals surface area contributed by atoms with Crippen molar-refractivity contribution in [2.45, 2.75) is 127 Å². The fourth-order valence-electron chi connectivity index (χ4n) is 8.08. The number of benzene rings is 2. The molecule has 23 nitrogen and oxygen atoms in total. The molecule has 71 heavy (non-hydrogen) atoms. The molecule has 4 aromatic rings. The van der Waals surface area contributed by atoms with E-state index in [1.165, 1.54) is 12.5 Å². The van der Waals surface area contributed by atoms with Crippen LogP contribution in [-0.4, -0.2) is 124 Å². The van der Waals surface area contributed by atoms with Crippen molar-refractivity contribution in [2.24, 2.45) is 32.9 Å². The van der Waals surface area contributed by atoms with Gasteiger partial charge in [-0.3, -0.25) is 48.9 Å². The second-order valence-electron chi connectivity index (χ2n) is 17.5. The molecule has 7 atom stereocenters. The lowest BCUT2D eigenvalue weighted by Gasteiger charge is -2.28. The first kappa shape index (κ1) is 54.1. The number of H-pyrrole nitrogens is 2. The summed E-state index contributed by atoms with van der Waals surface area (Å²) in [5, 5.41) is 20.5. The summed E-state index contributed by atoms with van der Waals surface area (Å²) < 4.78 is 0. The van der Waals surface area contributed by atoms with Crippen molar-refractivity contribution in [3.8, 4) is 0 Å². The van der Waals surface area contributed by atoms with Gasteiger partial charge in [0.25, 0.3) is 5.91 Å². The number of hydrogen-bond donors (Lipinski definition) is 13. The SMILES string of the molecule is CCCC[C@H](N=C(C)N)C(=O)N[C@@H]1NCCCC[C@@H](C(N)=O)NC(=O)[C@H](Cc2c[nH]c3ccccc23)NC(=O)[C@H](CCCN=C(N)N)NC(=O)[C@H](Cc2ccccc2)NC(=O)[C@H](Cc2cnc[nH]2)NC1=O. The molecule has 5 rings (SSSR count). The molecule has 382 valence electrons. The topological polar surface area (TPSA) is 377 Å². The Labute approximate surface area is 411 Å². The van der Waals surface area contributed by atoms with Crippen molar-refractivity contribution in [2.75, 3.05) is 13.1 Å². The summed E-state index contributed by atoms with van der Waals surface area (Å²) in [6, 6.07) is 8.89. The first-order valence-electron chi connectivity index (χ1n) is 23.9. The molecule has 7 amide bonds. The predicted molar refractivity (Wildman–Crippen MR) is 268 cm³/mol. The van der Waals surface area contributed by atoms with E-state index in [2.05, 4.69) is 62.2 Å². The van der Waals surface area contributed by atoms with Crippen LogP contribution in [0, 0.1) is 0 Å². The monoisotopic (exact) mass is 981 g/mol. The lowest BCUT2D eigenvalue weighted by Crippen LogP contribution is -2.62. The molecule has 2 aromatic carbocycles. The van der Waals surface area contributed by atoms with Crippen molar-refractivity contribution in [3.05, 3.63) is 90.1 Å². The van der Waals surface area contributed by atoms with E-state index < -0.39 is 83.8 Å². The molecule has 1 aliphatic rings. The summed E-state index contributed by atoms with van der Waals surface area (Å²) in [7, 11) is 0. The van der Waals surface area contributed by atoms with Gasteiger partial charge in [-0.15, -0.1) is 0 Å². The average Bonchev–Trinajstić information content (AvgIpc) is 4.01. The molecule has 0 spiro atoms. The number of carbonyl (C=O) groups is 7. The Kier molecular flexibility index (Phi) is 20.9. The number of unbranched alkanes of at least 4 members (excludes halogenated alkanes) is 1. The Morgan fingerprint density at radius 1 is 0.761 bits per heavy atom. The van der Waals surface area contributed by atoms with Crippen molar-refractivity contribution in [1.29, 1.82) is 0 Å². The normalized spacial score (nSPS) is 21.8. The number of carbonyl (C=O) groups excluding carboxylic acids is 7. The van der Waals surface area contributed by atoms with Crippen LogP contribution < -0.4 is 60.2 Å². The van der Waals surface area contributed by atoms with Crippen LogP contribution in [0.3, 0.4) is 0 Å². The summed E-state index contributed by atoms with van der Waals surface area (Å²) in [5.41, 5.74) is 25.5. The minimum Gasteiger partial charge on any atom is -0.388 e. The maximum Gasteiger partial charge on any atom is 0.258 e. The lowest BCUT2D eigenvalue weighted by molar-refractivity contribution is -0.135. The molecular weight excluding hydrogens is 913 g/mol. The number of aromatic amines is 2. The van der Waals surface area contributed by atoms with Gasteiger partial charge in [0.05, 0.1) is 12.2 Å². The number of hydrogen-bond acceptors (Lipinski definition) is 11. The fourth-order valence-corrected chi connectivity index (χ4v) is 8.08. The van der Waals surface area contributed by atoms with Gasteiger partial charge in [-0.25, -0.2) is 4.98 Å². The molecule has 2 aromatic heterocycles. The van der Waals surface area contributed by atoms with Crippen LogP contribution in [0.5, 0.6) is 0 Å². The molecular formula is C48H68N16O7. The minimum absolute atomic E-state index is 0.0141. The molecule has 1 saturated heterocycles. The third-order valence-corrected chi connectivity index (χ3v) is 11.8. The maximum absolute atomic E-state index is 14.6. The van der Waals surface area contributed by atoms with E-state index in [9.17, 15) is 33.6 Å². The molecule has 1 fully saturated rings. The number of aromatic nitrogens is 3. The van der Waals surface area contributed by atoms with E-state index in [0.717, 1.165) is 17.3 Å². The van der Waals surface area contributed by atoms with Gasteiger partial charge in [-0.2, -0.15) is 0 Å². The smallest absolute Gasteiger partial charge is 0.258 e. The van der Waals surface area contributed by atoms with Crippen LogP contribution in [0.15, 0.2) is 83.3 Å². The largest absolute Gasteiger partial charge is 0.388 e. The van der Waals surface area contributed by atoms with Crippen molar-refractivity contribution < 1.29 is 33.6 Å². The highest BCUT2D eigenvalue weighted by molar-refractivity contribution is 5.98. The van der Waals surface area contributed by atoms with Crippen LogP contribution in [0.2, 0.25) is 0 Å². The summed E-state index contributed by atoms with van der Waals surface area (Å²) >= 11 is 0. The number of fused-ring (bicyclic) bond motifs is 1. The van der Waals surface area contributed by atoms with Gasteiger partial charge in [0.15, 0.2) is 12.1 Å². The molecule has 17 N–H and O–H groups in total. The Balaban J connectivity index is 1.55. The van der Waals surface area contributed by atoms with Gasteiger partial charge >= 0.3 is 0 Å². The zero-order chi connectivity index (χ0) is 51.3. The van der Waals surface area contributed by atoms with Gasteiger partial charge < -0.3 is 64.8 Å². The van der Waals surface area contributed by atoms with E-state index >= 15 is 0 Å². The minimum atomic E-state index is -1.41. The number of aliphatic imine (C=N–C) groups is 2. The van der Waals surface area contributed by atoms with Gasteiger partial charge in [0, 0.05) is 54.8 Å². The van der Waals surface area contributed by atoms with Crippen LogP contribution >= 0.6 is 0 Å². The number of primary amides is 1. The number of amides is 7. The van der Waals surface area contributed by atoms with E-state index in [4.69, 9.17) is 22.9 Å². The number of para-hydroxylation sites is 1. The fraction of sp³-hybridized carbons (Fsp3) is 0.458. The second kappa shape index (κ2) is 27.4. The molecule has 0 radical (unpaired) electrons. The zero-order valence-corrected chi connectivity index (χ0v) is 40.2. The highest BCUT2D eigenvalue weighted by atomic mass is 16.2. The van der Waals surface area contributed by atoms with Gasteiger partial charge in [0.1, 0.15) is 36.3 Å². The van der Waals surface area contributed by atoms with E-state index in [1.807, 2.05) is 31.2 Å². The number of amidine groups is 1. The average molecular weight is 981 g/mol. The maximum atomic E-state index is 14.6. The lowest BCUT2D eigenvalue weighted by atomic mass is 10.0. The predicted octanol–water partition coefficient (Wildman–Crippen LogP) is -0.967. The number of nitrogens with zero attached hydrogens (tertiary/aromatic N) is 3. The molecule has 1 aliphatic heterocycles. The second-order valence-corrected chi connectivity index (χ2v) is 17.5. The van der Waals surface area contributed by atoms with E-state index in [0.29, 0.717) is 42.5 Å². The standard InChI is InChI=1S/C48H68N16O7/c1-3-4-16-35(58-28(2)49)43(67)64-41-47(71)63-39(24-31-26-53-27-57-31)46(70)61-37(22-29-13-6-5-7-14-29)44(68)60-36(19-12-21-55-48(51)52)42(66)62-38(23-30-25-56-33-17-9-8-15-32(30)33)45(69)59-34(40(50)65)18-10-11-20-54-41/h5-9,13-15,17,25-27,34-39,41,54,56H,3-4,10-12,16,18-24H2,1-2H3,(H2,49,58)(H2,50,65)(H,53,57)(H,59,69)(H,60,68)(H,61,70)(H,62,66)(H,63,71)(H,64,67)(H4,51,52,55)/t34-,35-,36-,37-,38-,39-,41-/m0/s1. The molecule has 0 bridgehead atoms. The van der Waals surface area contributed by atoms with Gasteiger partial charge in [0.2, 0.25) is 35.4 Å². The quantitative estimate of drug-likeness (QED) is 0.0346. The van der Waals surface area contributed by atoms with Crippen LogP contribution in [0.25, 0.3) is 10.9 Å². The van der Waals surface area contributed by atoms with Crippen LogP contribution in [-0.2, 0) is 52.8 Å². The third kappa shape index (κ3) is 17.3. The summed E-state index contributed by atoms with van der Waals surface area (Å²) in [5.74, 6) is -5.22. The van der Waals surface area contributed by atoms with E-state index in [-0.39, 0.29) is 63.4 Å². The zero-order valence-electron chi connectivity index (χ0n) is 40.2. The van der Waals surface area contributed by atoms with Gasteiger partial charge in [-0.05, 0) is 69.2 Å². The van der Waals surface area contributed by atoms with Crippen LogP contribution in [0.1, 0.15) is 82.0 Å². The van der Waals surface area contributed by atoms with Crippen molar-refractivity contribution in [1.82, 2.24) is 52.2 Å². The van der Waals surface area contributed by atoms with Crippen molar-refractivity contribution in [3.63, 3.8) is 0 Å². The summed E-state index contributed by atoms with van der Waals surface area (Å²) in [6.45, 7) is 3.72. The molecule has 23 heteroatoms. The number of nitrogens with two attached hydrogens (primary N) is 4. The summed E-state index contributed by atoms with van der Waals surface area (Å²) in [4.78, 5) is 118. The number of guanidine groups is 1. The third-order valence-electron chi connectivity index (χ3n) is 11.8. The molecule has 0 aliphatic carbocycles. The first-order chi connectivity index (χ1) is 34.1. The van der Waals surface area contributed by atoms with Gasteiger partial charge in [-0.1, -0.05) is 68.3 Å². The Morgan fingerprint density at radius 2 is 1.41 bits per heavy atom. The highest BCUT2D eigenvalue weighted by Gasteiger charge is 2.35. The molecule has 3 heterocycles. The van der Waals surface area contributed by atoms with Crippen molar-refractivity contribution >= 4 is 64.0 Å². The molecule has 0 saturated carbocycles. The first-order valence-corrected chi connectivity index (χ1v) is 23.9. The van der Waals surface area contributed by atoms with Crippen LogP contribution in [0.4, 0.5) is 0 Å². The Hall–Kier alpha value is -7.82. The Bertz CT molecular complexity index is 2470. The molecule has 0 unspecified atom stereocenters. The summed E-state index contributed by atoms with van der Waals surface area (Å²) in [6.07, 6.45) is 5.65. The highest BCUT2D eigenvalue weighted by Crippen LogP contribution is 2.20. The number of rotatable bonds is 17. The number of imidazole rings is 1. The van der Waals surface area contributed by atoms with E-state index in [1.54, 1.807) is 43.5 Å². The number of nitrogens with one attached hydrogen (secondary N) is 9. The Morgan fingerprint density at radius 3 is 2.08 bits per heavy atom.